The Morgan fingerprint density at radius 1 is 1.47 bits per heavy atom. The van der Waals surface area contributed by atoms with Crippen molar-refractivity contribution in [2.24, 2.45) is 11.7 Å². The number of anilines is 1. The van der Waals surface area contributed by atoms with Crippen LogP contribution in [0.4, 0.5) is 5.82 Å². The molecule has 2 unspecified atom stereocenters. The number of nitrogens with two attached hydrogens (primary N) is 1. The van der Waals surface area contributed by atoms with Crippen LogP contribution in [0, 0.1) is 5.92 Å². The van der Waals surface area contributed by atoms with Crippen LogP contribution in [0.2, 0.25) is 0 Å². The van der Waals surface area contributed by atoms with E-state index < -0.39 is 0 Å². The van der Waals surface area contributed by atoms with Gasteiger partial charge in [-0.15, -0.1) is 0 Å². The summed E-state index contributed by atoms with van der Waals surface area (Å²) < 4.78 is 5.30. The number of methoxy groups -OCH3 is 1. The van der Waals surface area contributed by atoms with Crippen LogP contribution in [0.15, 0.2) is 18.3 Å². The number of nitrogens with one attached hydrogen (secondary N) is 1. The van der Waals surface area contributed by atoms with E-state index >= 15 is 0 Å². The highest BCUT2D eigenvalue weighted by molar-refractivity contribution is 5.50. The van der Waals surface area contributed by atoms with Gasteiger partial charge in [-0.1, -0.05) is 12.8 Å². The molecule has 1 aliphatic rings. The fraction of sp³-hybridized carbons (Fsp3) is 0.615. The lowest BCUT2D eigenvalue weighted by Crippen LogP contribution is -2.37. The molecule has 1 aromatic rings. The van der Waals surface area contributed by atoms with Crippen molar-refractivity contribution < 1.29 is 4.74 Å². The highest BCUT2D eigenvalue weighted by Crippen LogP contribution is 2.29. The van der Waals surface area contributed by atoms with Crippen LogP contribution in [0.1, 0.15) is 25.7 Å². The average molecular weight is 235 g/mol. The predicted octanol–water partition coefficient (Wildman–Crippen LogP) is 2.02. The fourth-order valence-electron chi connectivity index (χ4n) is 2.52. The zero-order valence-corrected chi connectivity index (χ0v) is 10.4. The molecule has 0 aliphatic heterocycles. The molecule has 2 rings (SSSR count). The number of hydrogen-bond donors (Lipinski definition) is 2. The molecule has 0 saturated heterocycles. The van der Waals surface area contributed by atoms with Crippen LogP contribution < -0.4 is 15.8 Å². The van der Waals surface area contributed by atoms with Crippen molar-refractivity contribution in [3.63, 3.8) is 0 Å². The standard InChI is InChI=1S/C13H21N3O/c1-17-12-7-4-8-15-13(12)16-11-6-3-2-5-10(11)9-14/h4,7-8,10-11H,2-3,5-6,9,14H2,1H3,(H,15,16). The third kappa shape index (κ3) is 2.88. The summed E-state index contributed by atoms with van der Waals surface area (Å²) in [4.78, 5) is 4.34. The van der Waals surface area contributed by atoms with Crippen molar-refractivity contribution in [3.8, 4) is 5.75 Å². The highest BCUT2D eigenvalue weighted by Gasteiger charge is 2.24. The minimum absolute atomic E-state index is 0.428. The van der Waals surface area contributed by atoms with Crippen LogP contribution in [0.5, 0.6) is 5.75 Å². The van der Waals surface area contributed by atoms with Crippen LogP contribution in [0.25, 0.3) is 0 Å². The minimum atomic E-state index is 0.428. The monoisotopic (exact) mass is 235 g/mol. The molecule has 17 heavy (non-hydrogen) atoms. The molecule has 1 saturated carbocycles. The Morgan fingerprint density at radius 2 is 2.29 bits per heavy atom. The average Bonchev–Trinajstić information content (AvgIpc) is 2.40. The van der Waals surface area contributed by atoms with Gasteiger partial charge < -0.3 is 15.8 Å². The Balaban J connectivity index is 2.08. The Kier molecular flexibility index (Phi) is 4.20. The lowest BCUT2D eigenvalue weighted by Gasteiger charge is -2.32. The number of aromatic nitrogens is 1. The molecule has 1 aromatic heterocycles. The van der Waals surface area contributed by atoms with E-state index in [9.17, 15) is 0 Å². The van der Waals surface area contributed by atoms with Crippen molar-refractivity contribution in [2.45, 2.75) is 31.7 Å². The van der Waals surface area contributed by atoms with E-state index in [1.54, 1.807) is 13.3 Å². The van der Waals surface area contributed by atoms with Gasteiger partial charge in [0.05, 0.1) is 7.11 Å². The molecule has 4 heteroatoms. The van der Waals surface area contributed by atoms with E-state index in [0.29, 0.717) is 12.0 Å². The zero-order chi connectivity index (χ0) is 12.1. The predicted molar refractivity (Wildman–Crippen MR) is 69.2 cm³/mol. The number of rotatable bonds is 4. The maximum absolute atomic E-state index is 5.83. The van der Waals surface area contributed by atoms with Gasteiger partial charge in [0.2, 0.25) is 0 Å². The molecule has 2 atom stereocenters. The summed E-state index contributed by atoms with van der Waals surface area (Å²) in [6.45, 7) is 0.743. The first-order valence-corrected chi connectivity index (χ1v) is 6.30. The van der Waals surface area contributed by atoms with Gasteiger partial charge in [0.15, 0.2) is 11.6 Å². The summed E-state index contributed by atoms with van der Waals surface area (Å²) in [5, 5.41) is 3.49. The molecule has 1 fully saturated rings. The normalized spacial score (nSPS) is 24.4. The van der Waals surface area contributed by atoms with Crippen molar-refractivity contribution in [1.29, 1.82) is 0 Å². The molecule has 1 aliphatic carbocycles. The van der Waals surface area contributed by atoms with Crippen LogP contribution >= 0.6 is 0 Å². The maximum atomic E-state index is 5.83. The molecule has 3 N–H and O–H groups in total. The topological polar surface area (TPSA) is 60.2 Å². The fourth-order valence-corrected chi connectivity index (χ4v) is 2.52. The van der Waals surface area contributed by atoms with Crippen LogP contribution in [0.3, 0.4) is 0 Å². The third-order valence-corrected chi connectivity index (χ3v) is 3.52. The Labute approximate surface area is 103 Å². The van der Waals surface area contributed by atoms with Crippen molar-refractivity contribution in [2.75, 3.05) is 19.0 Å². The number of nitrogens with zero attached hydrogens (tertiary/aromatic N) is 1. The summed E-state index contributed by atoms with van der Waals surface area (Å²) in [5.74, 6) is 2.18. The van der Waals surface area contributed by atoms with E-state index in [1.165, 1.54) is 25.7 Å². The molecule has 0 aromatic carbocycles. The van der Waals surface area contributed by atoms with Crippen molar-refractivity contribution >= 4 is 5.82 Å². The van der Waals surface area contributed by atoms with Crippen LogP contribution in [-0.4, -0.2) is 24.7 Å². The lowest BCUT2D eigenvalue weighted by molar-refractivity contribution is 0.330. The largest absolute Gasteiger partial charge is 0.493 e. The van der Waals surface area contributed by atoms with E-state index in [0.717, 1.165) is 18.1 Å². The molecular formula is C13H21N3O. The highest BCUT2D eigenvalue weighted by atomic mass is 16.5. The van der Waals surface area contributed by atoms with Gasteiger partial charge in [-0.25, -0.2) is 4.98 Å². The van der Waals surface area contributed by atoms with Gasteiger partial charge in [-0.3, -0.25) is 0 Å². The Hall–Kier alpha value is -1.29. The van der Waals surface area contributed by atoms with Crippen LogP contribution in [-0.2, 0) is 0 Å². The first kappa shape index (κ1) is 12.2. The number of pyridine rings is 1. The quantitative estimate of drug-likeness (QED) is 0.838. The molecule has 0 amide bonds. The molecule has 0 radical (unpaired) electrons. The molecule has 0 spiro atoms. The van der Waals surface area contributed by atoms with Gasteiger partial charge in [-0.2, -0.15) is 0 Å². The summed E-state index contributed by atoms with van der Waals surface area (Å²) >= 11 is 0. The SMILES string of the molecule is COc1cccnc1NC1CCCCC1CN. The van der Waals surface area contributed by atoms with Crippen molar-refractivity contribution in [1.82, 2.24) is 4.98 Å². The maximum Gasteiger partial charge on any atom is 0.168 e. The first-order valence-electron chi connectivity index (χ1n) is 6.30. The number of ether oxygens (including phenoxy) is 1. The van der Waals surface area contributed by atoms with E-state index in [2.05, 4.69) is 10.3 Å². The molecule has 1 heterocycles. The van der Waals surface area contributed by atoms with Gasteiger partial charge in [0.1, 0.15) is 0 Å². The second-order valence-corrected chi connectivity index (χ2v) is 4.59. The summed E-state index contributed by atoms with van der Waals surface area (Å²) in [5.41, 5.74) is 5.83. The van der Waals surface area contributed by atoms with Crippen molar-refractivity contribution in [3.05, 3.63) is 18.3 Å². The summed E-state index contributed by atoms with van der Waals surface area (Å²) in [7, 11) is 1.67. The molecule has 0 bridgehead atoms. The van der Waals surface area contributed by atoms with Gasteiger partial charge in [0, 0.05) is 12.2 Å². The second-order valence-electron chi connectivity index (χ2n) is 4.59. The lowest BCUT2D eigenvalue weighted by atomic mass is 9.84. The molecule has 4 nitrogen and oxygen atoms in total. The summed E-state index contributed by atoms with van der Waals surface area (Å²) in [6.07, 6.45) is 6.72. The van der Waals surface area contributed by atoms with E-state index in [-0.39, 0.29) is 0 Å². The number of hydrogen-bond acceptors (Lipinski definition) is 4. The second kappa shape index (κ2) is 5.87. The first-order chi connectivity index (χ1) is 8.35. The third-order valence-electron chi connectivity index (χ3n) is 3.52. The minimum Gasteiger partial charge on any atom is -0.493 e. The van der Waals surface area contributed by atoms with Gasteiger partial charge in [-0.05, 0) is 37.4 Å². The smallest absolute Gasteiger partial charge is 0.168 e. The van der Waals surface area contributed by atoms with E-state index in [1.807, 2.05) is 12.1 Å². The molecule has 94 valence electrons. The Bertz CT molecular complexity index is 356. The molecular weight excluding hydrogens is 214 g/mol. The Morgan fingerprint density at radius 3 is 3.06 bits per heavy atom. The summed E-state index contributed by atoms with van der Waals surface area (Å²) in [6, 6.07) is 4.23. The van der Waals surface area contributed by atoms with E-state index in [4.69, 9.17) is 10.5 Å². The zero-order valence-electron chi connectivity index (χ0n) is 10.4. The van der Waals surface area contributed by atoms with Gasteiger partial charge in [0.25, 0.3) is 0 Å². The van der Waals surface area contributed by atoms with Gasteiger partial charge >= 0.3 is 0 Å².